The van der Waals surface area contributed by atoms with Crippen LogP contribution in [0.4, 0.5) is 11.4 Å². The van der Waals surface area contributed by atoms with Crippen molar-refractivity contribution in [2.45, 2.75) is 0 Å². The molecule has 1 saturated heterocycles. The van der Waals surface area contributed by atoms with E-state index in [1.54, 1.807) is 0 Å². The molecule has 0 atom stereocenters. The third kappa shape index (κ3) is 3.34. The molecular weight excluding hydrogens is 312 g/mol. The zero-order valence-electron chi connectivity index (χ0n) is 11.9. The summed E-state index contributed by atoms with van der Waals surface area (Å²) >= 11 is 0. The Morgan fingerprint density at radius 3 is 2.36 bits per heavy atom. The van der Waals surface area contributed by atoms with Gasteiger partial charge < -0.3 is 10.6 Å². The van der Waals surface area contributed by atoms with Crippen LogP contribution in [0, 0.1) is 10.1 Å². The molecule has 0 spiro atoms. The Kier molecular flexibility index (Phi) is 4.33. The number of carbonyl (C=O) groups is 1. The molecular formula is C12H16N4O5S. The molecule has 1 aromatic rings. The van der Waals surface area contributed by atoms with Crippen molar-refractivity contribution in [3.05, 3.63) is 33.9 Å². The number of nitro benzene ring substituents is 1. The molecule has 22 heavy (non-hydrogen) atoms. The van der Waals surface area contributed by atoms with Crippen LogP contribution in [0.3, 0.4) is 0 Å². The van der Waals surface area contributed by atoms with Crippen LogP contribution in [-0.2, 0) is 10.0 Å². The lowest BCUT2D eigenvalue weighted by Crippen LogP contribution is -2.50. The lowest BCUT2D eigenvalue weighted by Gasteiger charge is -2.33. The van der Waals surface area contributed by atoms with Gasteiger partial charge in [-0.25, -0.2) is 8.42 Å². The van der Waals surface area contributed by atoms with E-state index in [0.717, 1.165) is 12.3 Å². The number of rotatable bonds is 3. The first-order valence-electron chi connectivity index (χ1n) is 6.48. The minimum absolute atomic E-state index is 0.0107. The highest BCUT2D eigenvalue weighted by Crippen LogP contribution is 2.23. The quantitative estimate of drug-likeness (QED) is 0.469. The van der Waals surface area contributed by atoms with Crippen molar-refractivity contribution in [1.82, 2.24) is 9.21 Å². The Morgan fingerprint density at radius 1 is 1.27 bits per heavy atom. The van der Waals surface area contributed by atoms with E-state index in [0.29, 0.717) is 0 Å². The Balaban J connectivity index is 2.14. The normalized spacial score (nSPS) is 16.5. The second-order valence-electron chi connectivity index (χ2n) is 4.98. The average Bonchev–Trinajstić information content (AvgIpc) is 2.46. The van der Waals surface area contributed by atoms with Crippen LogP contribution in [0.1, 0.15) is 10.4 Å². The molecule has 0 unspecified atom stereocenters. The Hall–Kier alpha value is -2.20. The van der Waals surface area contributed by atoms with Gasteiger partial charge in [0.15, 0.2) is 0 Å². The van der Waals surface area contributed by atoms with Crippen molar-refractivity contribution >= 4 is 27.3 Å². The lowest BCUT2D eigenvalue weighted by molar-refractivity contribution is -0.383. The summed E-state index contributed by atoms with van der Waals surface area (Å²) in [6.45, 7) is 0.900. The summed E-state index contributed by atoms with van der Waals surface area (Å²) in [5.41, 5.74) is 5.33. The molecule has 10 heteroatoms. The second-order valence-corrected chi connectivity index (χ2v) is 6.97. The summed E-state index contributed by atoms with van der Waals surface area (Å²) in [5, 5.41) is 10.9. The summed E-state index contributed by atoms with van der Waals surface area (Å²) in [4.78, 5) is 24.0. The van der Waals surface area contributed by atoms with E-state index in [1.807, 2.05) is 0 Å². The molecule has 120 valence electrons. The van der Waals surface area contributed by atoms with Gasteiger partial charge in [0.2, 0.25) is 10.0 Å². The lowest BCUT2D eigenvalue weighted by atomic mass is 10.1. The highest BCUT2D eigenvalue weighted by molar-refractivity contribution is 7.88. The molecule has 0 radical (unpaired) electrons. The average molecular weight is 328 g/mol. The summed E-state index contributed by atoms with van der Waals surface area (Å²) in [7, 11) is -3.27. The van der Waals surface area contributed by atoms with Gasteiger partial charge in [0.25, 0.3) is 11.6 Å². The first-order chi connectivity index (χ1) is 10.2. The Labute approximate surface area is 127 Å². The largest absolute Gasteiger partial charge is 0.393 e. The zero-order valence-corrected chi connectivity index (χ0v) is 12.7. The monoisotopic (exact) mass is 328 g/mol. The SMILES string of the molecule is CS(=O)(=O)N1CCN(C(=O)c2ccc(N)c([N+](=O)[O-])c2)CC1. The number of hydrogen-bond donors (Lipinski definition) is 1. The number of amides is 1. The van der Waals surface area contributed by atoms with Crippen molar-refractivity contribution in [1.29, 1.82) is 0 Å². The molecule has 0 aromatic heterocycles. The third-order valence-corrected chi connectivity index (χ3v) is 4.77. The van der Waals surface area contributed by atoms with E-state index < -0.39 is 14.9 Å². The Bertz CT molecular complexity index is 710. The van der Waals surface area contributed by atoms with Crippen LogP contribution in [0.2, 0.25) is 0 Å². The van der Waals surface area contributed by atoms with Gasteiger partial charge in [-0.15, -0.1) is 0 Å². The second kappa shape index (κ2) is 5.89. The van der Waals surface area contributed by atoms with Crippen LogP contribution < -0.4 is 5.73 Å². The van der Waals surface area contributed by atoms with Crippen LogP contribution in [0.15, 0.2) is 18.2 Å². The van der Waals surface area contributed by atoms with Crippen LogP contribution >= 0.6 is 0 Å². The third-order valence-electron chi connectivity index (χ3n) is 3.47. The minimum Gasteiger partial charge on any atom is -0.393 e. The van der Waals surface area contributed by atoms with Crippen molar-refractivity contribution < 1.29 is 18.1 Å². The van der Waals surface area contributed by atoms with Crippen LogP contribution in [0.25, 0.3) is 0 Å². The van der Waals surface area contributed by atoms with Crippen molar-refractivity contribution in [2.24, 2.45) is 0 Å². The molecule has 0 aliphatic carbocycles. The van der Waals surface area contributed by atoms with Gasteiger partial charge in [0.05, 0.1) is 11.2 Å². The molecule has 1 aromatic carbocycles. The van der Waals surface area contributed by atoms with E-state index in [1.165, 1.54) is 21.3 Å². The first-order valence-corrected chi connectivity index (χ1v) is 8.33. The van der Waals surface area contributed by atoms with Crippen molar-refractivity contribution in [3.63, 3.8) is 0 Å². The number of nitrogens with two attached hydrogens (primary N) is 1. The number of hydrogen-bond acceptors (Lipinski definition) is 6. The van der Waals surface area contributed by atoms with Gasteiger partial charge in [-0.05, 0) is 12.1 Å². The fourth-order valence-electron chi connectivity index (χ4n) is 2.24. The fourth-order valence-corrected chi connectivity index (χ4v) is 3.07. The van der Waals surface area contributed by atoms with Crippen LogP contribution in [-0.4, -0.2) is 60.9 Å². The standard InChI is InChI=1S/C12H16N4O5S/c1-22(20,21)15-6-4-14(5-7-15)12(17)9-2-3-10(13)11(8-9)16(18)19/h2-3,8H,4-7,13H2,1H3. The van der Waals surface area contributed by atoms with Gasteiger partial charge in [-0.2, -0.15) is 4.31 Å². The number of carbonyl (C=O) groups excluding carboxylic acids is 1. The van der Waals surface area contributed by atoms with Crippen molar-refractivity contribution in [2.75, 3.05) is 38.2 Å². The molecule has 1 amide bonds. The van der Waals surface area contributed by atoms with E-state index in [4.69, 9.17) is 5.73 Å². The number of anilines is 1. The van der Waals surface area contributed by atoms with Gasteiger partial charge in [0.1, 0.15) is 5.69 Å². The van der Waals surface area contributed by atoms with E-state index in [-0.39, 0.29) is 49.0 Å². The van der Waals surface area contributed by atoms with E-state index in [2.05, 4.69) is 0 Å². The van der Waals surface area contributed by atoms with E-state index in [9.17, 15) is 23.3 Å². The number of sulfonamides is 1. The Morgan fingerprint density at radius 2 is 1.86 bits per heavy atom. The summed E-state index contributed by atoms with van der Waals surface area (Å²) in [6, 6.07) is 3.88. The minimum atomic E-state index is -3.27. The molecule has 2 N–H and O–H groups in total. The smallest absolute Gasteiger partial charge is 0.292 e. The predicted octanol–water partition coefficient (Wildman–Crippen LogP) is -0.106. The fraction of sp³-hybridized carbons (Fsp3) is 0.417. The number of nitro groups is 1. The maximum absolute atomic E-state index is 12.3. The van der Waals surface area contributed by atoms with Gasteiger partial charge in [-0.1, -0.05) is 0 Å². The van der Waals surface area contributed by atoms with Gasteiger partial charge in [0, 0.05) is 37.8 Å². The number of piperazine rings is 1. The molecule has 0 saturated carbocycles. The molecule has 0 bridgehead atoms. The van der Waals surface area contributed by atoms with E-state index >= 15 is 0 Å². The maximum Gasteiger partial charge on any atom is 0.292 e. The summed E-state index contributed by atoms with van der Waals surface area (Å²) in [5.74, 6) is -0.378. The molecule has 2 rings (SSSR count). The molecule has 1 aliphatic rings. The number of benzene rings is 1. The topological polar surface area (TPSA) is 127 Å². The highest BCUT2D eigenvalue weighted by atomic mass is 32.2. The summed E-state index contributed by atoms with van der Waals surface area (Å²) < 4.78 is 24.1. The molecule has 1 fully saturated rings. The van der Waals surface area contributed by atoms with Crippen LogP contribution in [0.5, 0.6) is 0 Å². The molecule has 1 heterocycles. The van der Waals surface area contributed by atoms with Gasteiger partial charge >= 0.3 is 0 Å². The molecule has 1 aliphatic heterocycles. The number of nitrogens with zero attached hydrogens (tertiary/aromatic N) is 3. The molecule has 9 nitrogen and oxygen atoms in total. The number of nitrogen functional groups attached to an aromatic ring is 1. The van der Waals surface area contributed by atoms with Crippen molar-refractivity contribution in [3.8, 4) is 0 Å². The summed E-state index contributed by atoms with van der Waals surface area (Å²) in [6.07, 6.45) is 1.12. The zero-order chi connectivity index (χ0) is 16.5. The maximum atomic E-state index is 12.3. The van der Waals surface area contributed by atoms with Gasteiger partial charge in [-0.3, -0.25) is 14.9 Å². The highest BCUT2D eigenvalue weighted by Gasteiger charge is 2.27. The predicted molar refractivity (Wildman–Crippen MR) is 79.8 cm³/mol. The first kappa shape index (κ1) is 16.2.